The van der Waals surface area contributed by atoms with Crippen LogP contribution in [0.5, 0.6) is 0 Å². The summed E-state index contributed by atoms with van der Waals surface area (Å²) >= 11 is 0. The van der Waals surface area contributed by atoms with Gasteiger partial charge in [0.15, 0.2) is 0 Å². The fourth-order valence-electron chi connectivity index (χ4n) is 2.14. The van der Waals surface area contributed by atoms with Crippen LogP contribution in [0.3, 0.4) is 0 Å². The Hall–Kier alpha value is -1.10. The van der Waals surface area contributed by atoms with Crippen LogP contribution >= 0.6 is 0 Å². The Balaban J connectivity index is 4.08. The highest BCUT2D eigenvalue weighted by atomic mass is 16.5. The standard InChI is InChI=1S/C19H38N2O3/c1-8-9-16(22)20-11-18(4,5)13-24-14-19(6,7)12-21-17(23)10-15(2)3/h15H,8-14H2,1-7H3,(H,20,22)(H,21,23). The van der Waals surface area contributed by atoms with Crippen molar-refractivity contribution in [2.24, 2.45) is 16.7 Å². The minimum absolute atomic E-state index is 0.0945. The summed E-state index contributed by atoms with van der Waals surface area (Å²) in [7, 11) is 0. The van der Waals surface area contributed by atoms with Crippen molar-refractivity contribution >= 4 is 11.8 Å². The first kappa shape index (κ1) is 22.9. The maximum atomic E-state index is 11.7. The van der Waals surface area contributed by atoms with Gasteiger partial charge in [0.1, 0.15) is 0 Å². The van der Waals surface area contributed by atoms with Gasteiger partial charge in [0.25, 0.3) is 0 Å². The highest BCUT2D eigenvalue weighted by molar-refractivity contribution is 5.76. The third-order valence-electron chi connectivity index (χ3n) is 3.58. The molecular weight excluding hydrogens is 304 g/mol. The molecule has 0 fully saturated rings. The second-order valence-electron chi connectivity index (χ2n) is 8.72. The van der Waals surface area contributed by atoms with E-state index in [1.54, 1.807) is 0 Å². The smallest absolute Gasteiger partial charge is 0.220 e. The third-order valence-corrected chi connectivity index (χ3v) is 3.58. The number of nitrogens with one attached hydrogen (secondary N) is 2. The highest BCUT2D eigenvalue weighted by Crippen LogP contribution is 2.19. The zero-order valence-corrected chi connectivity index (χ0v) is 16.8. The molecule has 0 bridgehead atoms. The van der Waals surface area contributed by atoms with E-state index in [0.717, 1.165) is 6.42 Å². The van der Waals surface area contributed by atoms with E-state index in [-0.39, 0.29) is 22.6 Å². The van der Waals surface area contributed by atoms with Crippen LogP contribution < -0.4 is 10.6 Å². The normalized spacial score (nSPS) is 12.3. The predicted octanol–water partition coefficient (Wildman–Crippen LogP) is 3.13. The topological polar surface area (TPSA) is 67.4 Å². The molecule has 0 aliphatic heterocycles. The summed E-state index contributed by atoms with van der Waals surface area (Å²) in [6, 6.07) is 0. The summed E-state index contributed by atoms with van der Waals surface area (Å²) < 4.78 is 5.87. The number of rotatable bonds is 12. The zero-order chi connectivity index (χ0) is 18.8. The van der Waals surface area contributed by atoms with Gasteiger partial charge in [-0.1, -0.05) is 48.5 Å². The lowest BCUT2D eigenvalue weighted by atomic mass is 9.93. The Morgan fingerprint density at radius 3 is 1.79 bits per heavy atom. The molecule has 142 valence electrons. The minimum Gasteiger partial charge on any atom is -0.380 e. The van der Waals surface area contributed by atoms with Crippen LogP contribution in [0.4, 0.5) is 0 Å². The number of hydrogen-bond donors (Lipinski definition) is 2. The molecule has 0 atom stereocenters. The first-order chi connectivity index (χ1) is 11.0. The van der Waals surface area contributed by atoms with E-state index in [0.29, 0.717) is 45.1 Å². The predicted molar refractivity (Wildman–Crippen MR) is 98.8 cm³/mol. The molecule has 0 unspecified atom stereocenters. The van der Waals surface area contributed by atoms with Crippen molar-refractivity contribution in [2.75, 3.05) is 26.3 Å². The number of ether oxygens (including phenoxy) is 1. The van der Waals surface area contributed by atoms with Crippen molar-refractivity contribution in [1.29, 1.82) is 0 Å². The minimum atomic E-state index is -0.117. The first-order valence-corrected chi connectivity index (χ1v) is 9.08. The Morgan fingerprint density at radius 1 is 0.917 bits per heavy atom. The van der Waals surface area contributed by atoms with Gasteiger partial charge in [0, 0.05) is 36.8 Å². The van der Waals surface area contributed by atoms with Crippen molar-refractivity contribution < 1.29 is 14.3 Å². The monoisotopic (exact) mass is 342 g/mol. The molecule has 5 heteroatoms. The molecule has 0 aromatic heterocycles. The Morgan fingerprint density at radius 2 is 1.38 bits per heavy atom. The van der Waals surface area contributed by atoms with E-state index < -0.39 is 0 Å². The summed E-state index contributed by atoms with van der Waals surface area (Å²) in [4.78, 5) is 23.3. The number of amides is 2. The lowest BCUT2D eigenvalue weighted by Crippen LogP contribution is -2.40. The molecule has 0 aliphatic carbocycles. The van der Waals surface area contributed by atoms with Crippen LogP contribution in [-0.4, -0.2) is 38.1 Å². The van der Waals surface area contributed by atoms with Gasteiger partial charge in [0.05, 0.1) is 13.2 Å². The van der Waals surface area contributed by atoms with Crippen LogP contribution in [0.15, 0.2) is 0 Å². The van der Waals surface area contributed by atoms with Crippen LogP contribution in [0.2, 0.25) is 0 Å². The molecule has 0 rings (SSSR count). The van der Waals surface area contributed by atoms with Gasteiger partial charge in [0.2, 0.25) is 11.8 Å². The quantitative estimate of drug-likeness (QED) is 0.572. The first-order valence-electron chi connectivity index (χ1n) is 9.08. The average molecular weight is 343 g/mol. The van der Waals surface area contributed by atoms with E-state index in [1.807, 2.05) is 20.8 Å². The fraction of sp³-hybridized carbons (Fsp3) is 0.895. The Labute approximate surface area is 148 Å². The lowest BCUT2D eigenvalue weighted by Gasteiger charge is -2.29. The summed E-state index contributed by atoms with van der Waals surface area (Å²) in [5.41, 5.74) is -0.228. The maximum absolute atomic E-state index is 11.7. The van der Waals surface area contributed by atoms with E-state index in [4.69, 9.17) is 4.74 Å². The van der Waals surface area contributed by atoms with Gasteiger partial charge in [-0.25, -0.2) is 0 Å². The molecule has 0 radical (unpaired) electrons. The van der Waals surface area contributed by atoms with Gasteiger partial charge in [-0.3, -0.25) is 9.59 Å². The molecule has 0 aromatic rings. The second kappa shape index (κ2) is 10.7. The molecule has 0 saturated heterocycles. The van der Waals surface area contributed by atoms with Gasteiger partial charge in [-0.15, -0.1) is 0 Å². The van der Waals surface area contributed by atoms with Gasteiger partial charge < -0.3 is 15.4 Å². The lowest BCUT2D eigenvalue weighted by molar-refractivity contribution is -0.122. The molecule has 0 aliphatic rings. The van der Waals surface area contributed by atoms with Crippen LogP contribution in [0.1, 0.15) is 67.7 Å². The van der Waals surface area contributed by atoms with E-state index >= 15 is 0 Å². The van der Waals surface area contributed by atoms with E-state index in [2.05, 4.69) is 38.3 Å². The van der Waals surface area contributed by atoms with Crippen LogP contribution in [-0.2, 0) is 14.3 Å². The molecule has 24 heavy (non-hydrogen) atoms. The number of hydrogen-bond acceptors (Lipinski definition) is 3. The van der Waals surface area contributed by atoms with Crippen molar-refractivity contribution in [1.82, 2.24) is 10.6 Å². The summed E-state index contributed by atoms with van der Waals surface area (Å²) in [6.45, 7) is 16.7. The largest absolute Gasteiger partial charge is 0.380 e. The molecule has 5 nitrogen and oxygen atoms in total. The van der Waals surface area contributed by atoms with Gasteiger partial charge in [-0.05, 0) is 12.3 Å². The molecule has 2 amide bonds. The van der Waals surface area contributed by atoms with Gasteiger partial charge >= 0.3 is 0 Å². The Bertz CT molecular complexity index is 390. The van der Waals surface area contributed by atoms with Crippen molar-refractivity contribution in [3.05, 3.63) is 0 Å². The molecule has 0 saturated carbocycles. The highest BCUT2D eigenvalue weighted by Gasteiger charge is 2.23. The SMILES string of the molecule is CCCC(=O)NCC(C)(C)COCC(C)(C)CNC(=O)CC(C)C. The zero-order valence-electron chi connectivity index (χ0n) is 16.8. The third kappa shape index (κ3) is 12.3. The molecule has 0 heterocycles. The summed E-state index contributed by atoms with van der Waals surface area (Å²) in [5, 5.41) is 5.93. The molecular formula is C19H38N2O3. The molecule has 2 N–H and O–H groups in total. The Kier molecular flexibility index (Phi) is 10.2. The van der Waals surface area contributed by atoms with E-state index in [9.17, 15) is 9.59 Å². The summed E-state index contributed by atoms with van der Waals surface area (Å²) in [6.07, 6.45) is 1.99. The number of carbonyl (C=O) groups excluding carboxylic acids is 2. The van der Waals surface area contributed by atoms with Crippen molar-refractivity contribution in [3.8, 4) is 0 Å². The number of carbonyl (C=O) groups is 2. The molecule has 0 spiro atoms. The van der Waals surface area contributed by atoms with Gasteiger partial charge in [-0.2, -0.15) is 0 Å². The van der Waals surface area contributed by atoms with Crippen molar-refractivity contribution in [2.45, 2.75) is 67.7 Å². The summed E-state index contributed by atoms with van der Waals surface area (Å²) in [5.74, 6) is 0.559. The average Bonchev–Trinajstić information content (AvgIpc) is 2.42. The maximum Gasteiger partial charge on any atom is 0.220 e. The van der Waals surface area contributed by atoms with Crippen LogP contribution in [0, 0.1) is 16.7 Å². The van der Waals surface area contributed by atoms with Crippen molar-refractivity contribution in [3.63, 3.8) is 0 Å². The second-order valence-corrected chi connectivity index (χ2v) is 8.72. The fourth-order valence-corrected chi connectivity index (χ4v) is 2.14. The van der Waals surface area contributed by atoms with Crippen LogP contribution in [0.25, 0.3) is 0 Å². The van der Waals surface area contributed by atoms with E-state index in [1.165, 1.54) is 0 Å². The molecule has 0 aromatic carbocycles.